The summed E-state index contributed by atoms with van der Waals surface area (Å²) in [7, 11) is 0. The summed E-state index contributed by atoms with van der Waals surface area (Å²) in [6.07, 6.45) is 7.90. The molecule has 1 aliphatic rings. The van der Waals surface area contributed by atoms with E-state index in [-0.39, 0.29) is 0 Å². The van der Waals surface area contributed by atoms with Gasteiger partial charge in [0.15, 0.2) is 0 Å². The lowest BCUT2D eigenvalue weighted by atomic mass is 9.92. The molecule has 1 heterocycles. The van der Waals surface area contributed by atoms with E-state index in [4.69, 9.17) is 0 Å². The molecule has 0 spiro atoms. The van der Waals surface area contributed by atoms with Crippen LogP contribution in [0.4, 0.5) is 0 Å². The van der Waals surface area contributed by atoms with Crippen molar-refractivity contribution < 1.29 is 5.11 Å². The van der Waals surface area contributed by atoms with Crippen molar-refractivity contribution >= 4 is 10.9 Å². The molecule has 16 heavy (non-hydrogen) atoms. The fourth-order valence-corrected chi connectivity index (χ4v) is 2.47. The van der Waals surface area contributed by atoms with Crippen LogP contribution in [0.15, 0.2) is 36.4 Å². The Hall–Kier alpha value is -1.70. The number of benzene rings is 1. The zero-order valence-electron chi connectivity index (χ0n) is 9.11. The molecule has 2 aromatic rings. The van der Waals surface area contributed by atoms with Crippen molar-refractivity contribution in [2.24, 2.45) is 0 Å². The monoisotopic (exact) mass is 213 g/mol. The lowest BCUT2D eigenvalue weighted by Crippen LogP contribution is -1.99. The van der Waals surface area contributed by atoms with Gasteiger partial charge in [-0.15, -0.1) is 0 Å². The van der Waals surface area contributed by atoms with Gasteiger partial charge in [0.2, 0.25) is 0 Å². The second-order valence-corrected chi connectivity index (χ2v) is 4.40. The summed E-state index contributed by atoms with van der Waals surface area (Å²) >= 11 is 0. The highest BCUT2D eigenvalue weighted by Gasteiger charge is 2.18. The number of H-pyrrole nitrogens is 1. The van der Waals surface area contributed by atoms with Crippen LogP contribution in [-0.4, -0.2) is 10.1 Å². The summed E-state index contributed by atoms with van der Waals surface area (Å²) in [6.45, 7) is 0. The Morgan fingerprint density at radius 1 is 1.25 bits per heavy atom. The predicted molar refractivity (Wildman–Crippen MR) is 65.7 cm³/mol. The van der Waals surface area contributed by atoms with Gasteiger partial charge >= 0.3 is 0 Å². The number of rotatable bonds is 1. The predicted octanol–water partition coefficient (Wildman–Crippen LogP) is 3.70. The van der Waals surface area contributed by atoms with Crippen molar-refractivity contribution in [1.29, 1.82) is 0 Å². The minimum absolute atomic E-state index is 0.348. The largest absolute Gasteiger partial charge is 0.505 e. The number of para-hydroxylation sites is 1. The van der Waals surface area contributed by atoms with E-state index in [9.17, 15) is 5.11 Å². The third-order valence-electron chi connectivity index (χ3n) is 3.33. The molecule has 1 aromatic heterocycles. The Balaban J connectivity index is 2.13. The number of hydrogen-bond donors (Lipinski definition) is 2. The molecule has 2 N–H and O–H groups in total. The first-order valence-electron chi connectivity index (χ1n) is 5.82. The number of aromatic hydroxyl groups is 1. The van der Waals surface area contributed by atoms with E-state index in [0.29, 0.717) is 11.7 Å². The summed E-state index contributed by atoms with van der Waals surface area (Å²) in [5.41, 5.74) is 1.99. The molecular weight excluding hydrogens is 198 g/mol. The summed E-state index contributed by atoms with van der Waals surface area (Å²) < 4.78 is 0. The van der Waals surface area contributed by atoms with Crippen LogP contribution >= 0.6 is 0 Å². The lowest BCUT2D eigenvalue weighted by Gasteiger charge is -2.15. The van der Waals surface area contributed by atoms with Gasteiger partial charge in [-0.25, -0.2) is 0 Å². The number of nitrogens with one attached hydrogen (secondary N) is 1. The van der Waals surface area contributed by atoms with Crippen molar-refractivity contribution in [3.05, 3.63) is 42.1 Å². The summed E-state index contributed by atoms with van der Waals surface area (Å²) in [6, 6.07) is 7.90. The SMILES string of the molecule is Oc1c(C2C=CCCC2)[nH]c2ccccc12. The van der Waals surface area contributed by atoms with Crippen LogP contribution in [0.25, 0.3) is 10.9 Å². The zero-order valence-corrected chi connectivity index (χ0v) is 9.11. The minimum atomic E-state index is 0.348. The van der Waals surface area contributed by atoms with Crippen molar-refractivity contribution in [3.63, 3.8) is 0 Å². The quantitative estimate of drug-likeness (QED) is 0.696. The first-order chi connectivity index (χ1) is 7.86. The first-order valence-corrected chi connectivity index (χ1v) is 5.82. The van der Waals surface area contributed by atoms with Gasteiger partial charge < -0.3 is 10.1 Å². The van der Waals surface area contributed by atoms with E-state index < -0.39 is 0 Å². The highest BCUT2D eigenvalue weighted by molar-refractivity contribution is 5.87. The van der Waals surface area contributed by atoms with E-state index in [2.05, 4.69) is 17.1 Å². The van der Waals surface area contributed by atoms with Crippen molar-refractivity contribution in [1.82, 2.24) is 4.98 Å². The summed E-state index contributed by atoms with van der Waals surface area (Å²) in [5.74, 6) is 0.772. The molecule has 0 radical (unpaired) electrons. The van der Waals surface area contributed by atoms with Crippen molar-refractivity contribution in [2.75, 3.05) is 0 Å². The van der Waals surface area contributed by atoms with Crippen LogP contribution in [0, 0.1) is 0 Å². The molecule has 2 heteroatoms. The fraction of sp³-hybridized carbons (Fsp3) is 0.286. The molecule has 3 rings (SSSR count). The van der Waals surface area contributed by atoms with Crippen LogP contribution in [0.2, 0.25) is 0 Å². The molecule has 1 unspecified atom stereocenters. The van der Waals surface area contributed by atoms with E-state index in [0.717, 1.165) is 29.4 Å². The molecule has 0 amide bonds. The number of aromatic amines is 1. The van der Waals surface area contributed by atoms with Gasteiger partial charge in [0.1, 0.15) is 5.75 Å². The molecule has 0 fully saturated rings. The smallest absolute Gasteiger partial charge is 0.144 e. The number of hydrogen-bond acceptors (Lipinski definition) is 1. The van der Waals surface area contributed by atoms with Gasteiger partial charge in [-0.2, -0.15) is 0 Å². The Labute approximate surface area is 94.6 Å². The second-order valence-electron chi connectivity index (χ2n) is 4.40. The average Bonchev–Trinajstić information content (AvgIpc) is 2.69. The third kappa shape index (κ3) is 1.42. The zero-order chi connectivity index (χ0) is 11.0. The van der Waals surface area contributed by atoms with Crippen LogP contribution in [-0.2, 0) is 0 Å². The summed E-state index contributed by atoms with van der Waals surface area (Å²) in [5, 5.41) is 11.1. The Morgan fingerprint density at radius 3 is 2.88 bits per heavy atom. The van der Waals surface area contributed by atoms with E-state index in [1.165, 1.54) is 6.42 Å². The standard InChI is InChI=1S/C14H15NO/c16-14-11-8-4-5-9-12(11)15-13(14)10-6-2-1-3-7-10/h2,4-6,8-10,15-16H,1,3,7H2. The molecular formula is C14H15NO. The maximum atomic E-state index is 10.2. The molecule has 0 bridgehead atoms. The van der Waals surface area contributed by atoms with Crippen LogP contribution < -0.4 is 0 Å². The molecule has 82 valence electrons. The lowest BCUT2D eigenvalue weighted by molar-refractivity contribution is 0.466. The average molecular weight is 213 g/mol. The highest BCUT2D eigenvalue weighted by atomic mass is 16.3. The number of fused-ring (bicyclic) bond motifs is 1. The maximum absolute atomic E-state index is 10.2. The fourth-order valence-electron chi connectivity index (χ4n) is 2.47. The Bertz CT molecular complexity index is 539. The van der Waals surface area contributed by atoms with Gasteiger partial charge in [0.05, 0.1) is 5.69 Å². The molecule has 1 aliphatic carbocycles. The molecule has 2 nitrogen and oxygen atoms in total. The molecule has 1 atom stereocenters. The van der Waals surface area contributed by atoms with Crippen LogP contribution in [0.5, 0.6) is 5.75 Å². The van der Waals surface area contributed by atoms with Crippen LogP contribution in [0.3, 0.4) is 0 Å². The third-order valence-corrected chi connectivity index (χ3v) is 3.33. The summed E-state index contributed by atoms with van der Waals surface area (Å²) in [4.78, 5) is 3.33. The molecule has 0 saturated carbocycles. The highest BCUT2D eigenvalue weighted by Crippen LogP contribution is 2.37. The second kappa shape index (κ2) is 3.71. The first kappa shape index (κ1) is 9.52. The minimum Gasteiger partial charge on any atom is -0.505 e. The van der Waals surface area contributed by atoms with E-state index in [1.54, 1.807) is 0 Å². The van der Waals surface area contributed by atoms with E-state index in [1.807, 2.05) is 24.3 Å². The van der Waals surface area contributed by atoms with Gasteiger partial charge in [0, 0.05) is 16.8 Å². The molecule has 0 aliphatic heterocycles. The molecule has 1 aromatic carbocycles. The van der Waals surface area contributed by atoms with Crippen molar-refractivity contribution in [2.45, 2.75) is 25.2 Å². The Kier molecular flexibility index (Phi) is 2.21. The van der Waals surface area contributed by atoms with Gasteiger partial charge in [-0.05, 0) is 31.4 Å². The van der Waals surface area contributed by atoms with Gasteiger partial charge in [0.25, 0.3) is 0 Å². The normalized spacial score (nSPS) is 20.4. The number of aromatic nitrogens is 1. The van der Waals surface area contributed by atoms with Crippen molar-refractivity contribution in [3.8, 4) is 5.75 Å². The van der Waals surface area contributed by atoms with Gasteiger partial charge in [-0.3, -0.25) is 0 Å². The van der Waals surface area contributed by atoms with Crippen LogP contribution in [0.1, 0.15) is 30.9 Å². The maximum Gasteiger partial charge on any atom is 0.144 e. The molecule has 0 saturated heterocycles. The van der Waals surface area contributed by atoms with Gasteiger partial charge in [-0.1, -0.05) is 24.3 Å². The topological polar surface area (TPSA) is 36.0 Å². The van der Waals surface area contributed by atoms with E-state index >= 15 is 0 Å². The Morgan fingerprint density at radius 2 is 2.12 bits per heavy atom. The number of allylic oxidation sites excluding steroid dienone is 2.